The summed E-state index contributed by atoms with van der Waals surface area (Å²) in [6.07, 6.45) is 3.76. The van der Waals surface area contributed by atoms with Gasteiger partial charge >= 0.3 is 0 Å². The Hall–Kier alpha value is -2.74. The second-order valence-electron chi connectivity index (χ2n) is 6.13. The fourth-order valence-electron chi connectivity index (χ4n) is 2.57. The van der Waals surface area contributed by atoms with Crippen molar-refractivity contribution in [2.75, 3.05) is 4.72 Å². The van der Waals surface area contributed by atoms with E-state index < -0.39 is 21.7 Å². The summed E-state index contributed by atoms with van der Waals surface area (Å²) in [4.78, 5) is 4.20. The molecule has 1 saturated carbocycles. The fourth-order valence-corrected chi connectivity index (χ4v) is 3.61. The summed E-state index contributed by atoms with van der Waals surface area (Å²) >= 11 is 0. The molecule has 8 heteroatoms. The zero-order valence-corrected chi connectivity index (χ0v) is 14.3. The molecule has 0 spiro atoms. The van der Waals surface area contributed by atoms with E-state index in [4.69, 9.17) is 4.42 Å². The smallest absolute Gasteiger partial charge is 0.261 e. The first-order valence-corrected chi connectivity index (χ1v) is 9.44. The lowest BCUT2D eigenvalue weighted by Gasteiger charge is -2.09. The molecule has 2 aromatic carbocycles. The molecule has 1 aliphatic carbocycles. The maximum absolute atomic E-state index is 13.2. The molecule has 0 unspecified atom stereocenters. The number of sulfonamides is 1. The summed E-state index contributed by atoms with van der Waals surface area (Å²) in [5, 5.41) is 0. The van der Waals surface area contributed by atoms with E-state index in [0.29, 0.717) is 29.2 Å². The van der Waals surface area contributed by atoms with Gasteiger partial charge in [-0.25, -0.2) is 22.2 Å². The van der Waals surface area contributed by atoms with Gasteiger partial charge in [-0.15, -0.1) is 0 Å². The van der Waals surface area contributed by atoms with Gasteiger partial charge in [-0.2, -0.15) is 0 Å². The Balaban J connectivity index is 1.56. The van der Waals surface area contributed by atoms with E-state index in [9.17, 15) is 17.2 Å². The Bertz CT molecular complexity index is 1040. The van der Waals surface area contributed by atoms with Crippen molar-refractivity contribution in [3.63, 3.8) is 0 Å². The molecule has 5 nitrogen and oxygen atoms in total. The summed E-state index contributed by atoms with van der Waals surface area (Å²) in [7, 11) is -3.97. The first kappa shape index (κ1) is 16.7. The van der Waals surface area contributed by atoms with Crippen LogP contribution in [0.15, 0.2) is 58.0 Å². The third kappa shape index (κ3) is 3.45. The number of nitrogens with one attached hydrogen (secondary N) is 1. The van der Waals surface area contributed by atoms with Crippen LogP contribution in [0, 0.1) is 11.6 Å². The maximum Gasteiger partial charge on any atom is 0.261 e. The Labute approximate surface area is 148 Å². The maximum atomic E-state index is 13.2. The highest BCUT2D eigenvalue weighted by atomic mass is 32.2. The number of hydrogen-bond donors (Lipinski definition) is 1. The van der Waals surface area contributed by atoms with Crippen LogP contribution in [0.1, 0.15) is 24.7 Å². The van der Waals surface area contributed by atoms with Crippen molar-refractivity contribution >= 4 is 15.7 Å². The zero-order chi connectivity index (χ0) is 18.3. The molecule has 0 aliphatic heterocycles. The zero-order valence-electron chi connectivity index (χ0n) is 13.4. The number of benzene rings is 2. The molecular weight excluding hydrogens is 362 g/mol. The summed E-state index contributed by atoms with van der Waals surface area (Å²) in [5.74, 6) is -0.0774. The summed E-state index contributed by atoms with van der Waals surface area (Å²) in [6.45, 7) is 0. The van der Waals surface area contributed by atoms with Gasteiger partial charge in [0.15, 0.2) is 11.7 Å². The minimum Gasteiger partial charge on any atom is -0.440 e. The molecule has 0 saturated heterocycles. The standard InChI is InChI=1S/C18H14F2N2O3S/c19-13-7-14(20)9-15(8-13)22-26(23,24)16-5-3-11(4-6-16)17-10-21-18(25-17)12-1-2-12/h3-10,12,22H,1-2H2. The van der Waals surface area contributed by atoms with Crippen LogP contribution in [-0.4, -0.2) is 13.4 Å². The predicted octanol–water partition coefficient (Wildman–Crippen LogP) is 4.30. The largest absolute Gasteiger partial charge is 0.440 e. The lowest BCUT2D eigenvalue weighted by atomic mass is 10.2. The van der Waals surface area contributed by atoms with Crippen molar-refractivity contribution in [3.8, 4) is 11.3 Å². The van der Waals surface area contributed by atoms with E-state index >= 15 is 0 Å². The van der Waals surface area contributed by atoms with Gasteiger partial charge in [0.2, 0.25) is 0 Å². The molecule has 1 aliphatic rings. The molecule has 1 fully saturated rings. The summed E-state index contributed by atoms with van der Waals surface area (Å²) in [5.41, 5.74) is 0.510. The lowest BCUT2D eigenvalue weighted by molar-refractivity contribution is 0.509. The number of hydrogen-bond acceptors (Lipinski definition) is 4. The molecule has 3 aromatic rings. The van der Waals surface area contributed by atoms with Crippen LogP contribution in [0.25, 0.3) is 11.3 Å². The van der Waals surface area contributed by atoms with Gasteiger partial charge in [0.1, 0.15) is 11.6 Å². The summed E-state index contributed by atoms with van der Waals surface area (Å²) < 4.78 is 59.0. The molecule has 26 heavy (non-hydrogen) atoms. The van der Waals surface area contributed by atoms with Crippen molar-refractivity contribution in [2.24, 2.45) is 0 Å². The number of oxazole rings is 1. The summed E-state index contributed by atoms with van der Waals surface area (Å²) in [6, 6.07) is 8.46. The van der Waals surface area contributed by atoms with Gasteiger partial charge in [-0.1, -0.05) is 0 Å². The average Bonchev–Trinajstić information content (AvgIpc) is 3.31. The van der Waals surface area contributed by atoms with Gasteiger partial charge < -0.3 is 4.42 Å². The number of rotatable bonds is 5. The molecular formula is C18H14F2N2O3S. The fraction of sp³-hybridized carbons (Fsp3) is 0.167. The second kappa shape index (κ2) is 6.21. The minimum atomic E-state index is -3.97. The van der Waals surface area contributed by atoms with Gasteiger partial charge in [-0.05, 0) is 49.2 Å². The van der Waals surface area contributed by atoms with E-state index in [1.54, 1.807) is 18.3 Å². The van der Waals surface area contributed by atoms with Crippen molar-refractivity contribution in [1.29, 1.82) is 0 Å². The van der Waals surface area contributed by atoms with Crippen molar-refractivity contribution in [3.05, 3.63) is 66.2 Å². The van der Waals surface area contributed by atoms with Crippen molar-refractivity contribution in [2.45, 2.75) is 23.7 Å². The SMILES string of the molecule is O=S(=O)(Nc1cc(F)cc(F)c1)c1ccc(-c2cnc(C3CC3)o2)cc1. The van der Waals surface area contributed by atoms with E-state index in [2.05, 4.69) is 9.71 Å². The lowest BCUT2D eigenvalue weighted by Crippen LogP contribution is -2.13. The number of halogens is 2. The van der Waals surface area contributed by atoms with Crippen LogP contribution in [0.5, 0.6) is 0 Å². The van der Waals surface area contributed by atoms with E-state index in [0.717, 1.165) is 25.0 Å². The molecule has 0 radical (unpaired) electrons. The molecule has 0 amide bonds. The van der Waals surface area contributed by atoms with E-state index in [1.807, 2.05) is 0 Å². The third-order valence-corrected chi connectivity index (χ3v) is 5.41. The molecule has 0 bridgehead atoms. The Morgan fingerprint density at radius 2 is 1.69 bits per heavy atom. The minimum absolute atomic E-state index is 0.0344. The van der Waals surface area contributed by atoms with Crippen LogP contribution in [0.2, 0.25) is 0 Å². The number of nitrogens with zero attached hydrogens (tertiary/aromatic N) is 1. The van der Waals surface area contributed by atoms with E-state index in [-0.39, 0.29) is 10.6 Å². The van der Waals surface area contributed by atoms with Gasteiger partial charge in [0.05, 0.1) is 16.8 Å². The van der Waals surface area contributed by atoms with Gasteiger partial charge in [0, 0.05) is 17.5 Å². The normalized spacial score (nSPS) is 14.4. The molecule has 134 valence electrons. The molecule has 4 rings (SSSR count). The molecule has 1 heterocycles. The van der Waals surface area contributed by atoms with Crippen LogP contribution < -0.4 is 4.72 Å². The highest BCUT2D eigenvalue weighted by Crippen LogP contribution is 2.40. The average molecular weight is 376 g/mol. The van der Waals surface area contributed by atoms with Gasteiger partial charge in [0.25, 0.3) is 10.0 Å². The second-order valence-corrected chi connectivity index (χ2v) is 7.81. The number of anilines is 1. The molecule has 0 atom stereocenters. The Kier molecular flexibility index (Phi) is 3.99. The van der Waals surface area contributed by atoms with Crippen molar-refractivity contribution < 1.29 is 21.6 Å². The van der Waals surface area contributed by atoms with Crippen LogP contribution >= 0.6 is 0 Å². The monoisotopic (exact) mass is 376 g/mol. The quantitative estimate of drug-likeness (QED) is 0.721. The Morgan fingerprint density at radius 3 is 2.31 bits per heavy atom. The number of aromatic nitrogens is 1. The highest BCUT2D eigenvalue weighted by molar-refractivity contribution is 7.92. The van der Waals surface area contributed by atoms with E-state index in [1.165, 1.54) is 12.1 Å². The Morgan fingerprint density at radius 1 is 1.04 bits per heavy atom. The van der Waals surface area contributed by atoms with Crippen LogP contribution in [0.4, 0.5) is 14.5 Å². The molecule has 1 aromatic heterocycles. The predicted molar refractivity (Wildman–Crippen MR) is 91.1 cm³/mol. The molecule has 1 N–H and O–H groups in total. The van der Waals surface area contributed by atoms with Crippen LogP contribution in [-0.2, 0) is 10.0 Å². The van der Waals surface area contributed by atoms with Crippen molar-refractivity contribution in [1.82, 2.24) is 4.98 Å². The highest BCUT2D eigenvalue weighted by Gasteiger charge is 2.28. The topological polar surface area (TPSA) is 72.2 Å². The first-order chi connectivity index (χ1) is 12.4. The first-order valence-electron chi connectivity index (χ1n) is 7.96. The van der Waals surface area contributed by atoms with Crippen LogP contribution in [0.3, 0.4) is 0 Å². The third-order valence-electron chi connectivity index (χ3n) is 4.01. The van der Waals surface area contributed by atoms with Gasteiger partial charge in [-0.3, -0.25) is 4.72 Å².